The molecule has 2 aromatic rings. The third-order valence-electron chi connectivity index (χ3n) is 7.26. The summed E-state index contributed by atoms with van der Waals surface area (Å²) >= 11 is 12.9. The van der Waals surface area contributed by atoms with Crippen molar-refractivity contribution in [1.29, 1.82) is 0 Å². The maximum atomic E-state index is 13.7. The fraction of sp³-hybridized carbons (Fsp3) is 0.517. The van der Waals surface area contributed by atoms with Gasteiger partial charge in [-0.05, 0) is 68.9 Å². The van der Waals surface area contributed by atoms with Gasteiger partial charge in [-0.3, -0.25) is 13.9 Å². The fourth-order valence-electron chi connectivity index (χ4n) is 5.11. The van der Waals surface area contributed by atoms with Crippen LogP contribution in [0, 0.1) is 13.8 Å². The highest BCUT2D eigenvalue weighted by molar-refractivity contribution is 7.92. The third-order valence-corrected chi connectivity index (χ3v) is 9.15. The molecule has 0 unspecified atom stereocenters. The Kier molecular flexibility index (Phi) is 11.1. The van der Waals surface area contributed by atoms with Crippen LogP contribution >= 0.6 is 23.2 Å². The average Bonchev–Trinajstić information content (AvgIpc) is 3.37. The summed E-state index contributed by atoms with van der Waals surface area (Å²) in [5, 5.41) is 3.96. The Morgan fingerprint density at radius 3 is 2.31 bits per heavy atom. The number of benzene rings is 2. The van der Waals surface area contributed by atoms with Crippen LogP contribution in [0.3, 0.4) is 0 Å². The molecule has 39 heavy (non-hydrogen) atoms. The molecule has 0 spiro atoms. The average molecular weight is 597 g/mol. The highest BCUT2D eigenvalue weighted by Crippen LogP contribution is 2.28. The molecule has 1 N–H and O–H groups in total. The van der Waals surface area contributed by atoms with E-state index in [0.717, 1.165) is 36.8 Å². The van der Waals surface area contributed by atoms with Crippen molar-refractivity contribution in [3.63, 3.8) is 0 Å². The van der Waals surface area contributed by atoms with Gasteiger partial charge >= 0.3 is 0 Å². The Morgan fingerprint density at radius 1 is 1.08 bits per heavy atom. The minimum Gasteiger partial charge on any atom is -0.352 e. The molecule has 10 heteroatoms. The van der Waals surface area contributed by atoms with Gasteiger partial charge in [0.05, 0.1) is 11.9 Å². The van der Waals surface area contributed by atoms with E-state index in [9.17, 15) is 18.0 Å². The van der Waals surface area contributed by atoms with E-state index in [1.807, 2.05) is 39.0 Å². The lowest BCUT2D eigenvalue weighted by molar-refractivity contribution is -0.141. The van der Waals surface area contributed by atoms with Gasteiger partial charge in [-0.25, -0.2) is 8.42 Å². The SMILES string of the molecule is CC[C@@H](C(=O)NC1CCCC1)N(Cc1c(Cl)cccc1Cl)C(=O)CCCN(c1cc(C)ccc1C)S(C)(=O)=O. The topological polar surface area (TPSA) is 86.8 Å². The lowest BCUT2D eigenvalue weighted by Crippen LogP contribution is -2.51. The number of aryl methyl sites for hydroxylation is 2. The molecule has 0 aliphatic heterocycles. The largest absolute Gasteiger partial charge is 0.352 e. The van der Waals surface area contributed by atoms with Gasteiger partial charge in [0.2, 0.25) is 21.8 Å². The van der Waals surface area contributed by atoms with Crippen molar-refractivity contribution in [2.24, 2.45) is 0 Å². The molecule has 1 saturated carbocycles. The number of nitrogens with one attached hydrogen (secondary N) is 1. The summed E-state index contributed by atoms with van der Waals surface area (Å²) in [7, 11) is -3.57. The van der Waals surface area contributed by atoms with Crippen molar-refractivity contribution < 1.29 is 18.0 Å². The molecule has 1 atom stereocenters. The number of hydrogen-bond donors (Lipinski definition) is 1. The van der Waals surface area contributed by atoms with Crippen LogP contribution in [0.2, 0.25) is 10.0 Å². The van der Waals surface area contributed by atoms with Crippen LogP contribution in [0.1, 0.15) is 68.6 Å². The minimum atomic E-state index is -3.57. The van der Waals surface area contributed by atoms with E-state index in [4.69, 9.17) is 23.2 Å². The Morgan fingerprint density at radius 2 is 1.72 bits per heavy atom. The monoisotopic (exact) mass is 595 g/mol. The van der Waals surface area contributed by atoms with Gasteiger partial charge in [-0.2, -0.15) is 0 Å². The van der Waals surface area contributed by atoms with E-state index in [1.165, 1.54) is 10.6 Å². The number of nitrogens with zero attached hydrogens (tertiary/aromatic N) is 2. The van der Waals surface area contributed by atoms with E-state index in [0.29, 0.717) is 27.7 Å². The Hall–Kier alpha value is -2.29. The molecule has 7 nitrogen and oxygen atoms in total. The zero-order valence-corrected chi connectivity index (χ0v) is 25.5. The van der Waals surface area contributed by atoms with Crippen LogP contribution < -0.4 is 9.62 Å². The first kappa shape index (κ1) is 31.2. The van der Waals surface area contributed by atoms with Crippen LogP contribution in [0.25, 0.3) is 0 Å². The summed E-state index contributed by atoms with van der Waals surface area (Å²) in [4.78, 5) is 28.6. The standard InChI is InChI=1S/C29H39Cl2N3O4S/c1-5-26(29(36)32-22-10-6-7-11-22)33(19-23-24(30)12-8-13-25(23)31)28(35)14-9-17-34(39(4,37)38)27-18-20(2)15-16-21(27)3/h8,12-13,15-16,18,22,26H,5-7,9-11,14,17,19H2,1-4H3,(H,32,36)/t26-/m0/s1. The van der Waals surface area contributed by atoms with Gasteiger partial charge in [0.15, 0.2) is 0 Å². The van der Waals surface area contributed by atoms with Crippen LogP contribution in [0.4, 0.5) is 5.69 Å². The predicted octanol–water partition coefficient (Wildman–Crippen LogP) is 6.02. The van der Waals surface area contributed by atoms with Crippen molar-refractivity contribution in [3.8, 4) is 0 Å². The summed E-state index contributed by atoms with van der Waals surface area (Å²) in [5.74, 6) is -0.442. The van der Waals surface area contributed by atoms with E-state index in [1.54, 1.807) is 23.1 Å². The van der Waals surface area contributed by atoms with E-state index < -0.39 is 16.1 Å². The molecule has 0 radical (unpaired) electrons. The lowest BCUT2D eigenvalue weighted by atomic mass is 10.1. The zero-order valence-electron chi connectivity index (χ0n) is 23.2. The van der Waals surface area contributed by atoms with Gasteiger partial charge in [0.25, 0.3) is 0 Å². The van der Waals surface area contributed by atoms with Crippen molar-refractivity contribution in [1.82, 2.24) is 10.2 Å². The number of rotatable bonds is 12. The Labute approximate surface area is 242 Å². The van der Waals surface area contributed by atoms with E-state index in [2.05, 4.69) is 5.32 Å². The second-order valence-corrected chi connectivity index (χ2v) is 13.1. The summed E-state index contributed by atoms with van der Waals surface area (Å²) in [5.41, 5.74) is 2.96. The number of amides is 2. The molecule has 0 bridgehead atoms. The van der Waals surface area contributed by atoms with Crippen molar-refractivity contribution in [2.45, 2.75) is 84.3 Å². The number of sulfonamides is 1. The number of carbonyl (C=O) groups is 2. The Balaban J connectivity index is 1.82. The quantitative estimate of drug-likeness (QED) is 0.325. The molecule has 1 aliphatic rings. The molecule has 2 aromatic carbocycles. The smallest absolute Gasteiger partial charge is 0.243 e. The van der Waals surface area contributed by atoms with Gasteiger partial charge in [-0.1, -0.05) is 61.2 Å². The predicted molar refractivity (Wildman–Crippen MR) is 159 cm³/mol. The third kappa shape index (κ3) is 8.35. The van der Waals surface area contributed by atoms with Crippen LogP contribution in [-0.4, -0.2) is 50.0 Å². The molecule has 0 heterocycles. The summed E-state index contributed by atoms with van der Waals surface area (Å²) in [6, 6.07) is 10.2. The van der Waals surface area contributed by atoms with Gasteiger partial charge in [0.1, 0.15) is 6.04 Å². The highest BCUT2D eigenvalue weighted by atomic mass is 35.5. The number of carbonyl (C=O) groups excluding carboxylic acids is 2. The van der Waals surface area contributed by atoms with Crippen LogP contribution in [0.5, 0.6) is 0 Å². The molecular formula is C29H39Cl2N3O4S. The maximum absolute atomic E-state index is 13.7. The summed E-state index contributed by atoms with van der Waals surface area (Å²) in [6.45, 7) is 5.87. The first-order valence-corrected chi connectivity index (χ1v) is 16.1. The summed E-state index contributed by atoms with van der Waals surface area (Å²) in [6.07, 6.45) is 5.97. The van der Waals surface area contributed by atoms with Crippen molar-refractivity contribution in [2.75, 3.05) is 17.1 Å². The Bertz CT molecular complexity index is 1260. The molecule has 3 rings (SSSR count). The number of anilines is 1. The second kappa shape index (κ2) is 13.9. The van der Waals surface area contributed by atoms with Crippen molar-refractivity contribution in [3.05, 3.63) is 63.1 Å². The highest BCUT2D eigenvalue weighted by Gasteiger charge is 2.31. The number of hydrogen-bond acceptors (Lipinski definition) is 4. The fourth-order valence-corrected chi connectivity index (χ4v) is 6.64. The van der Waals surface area contributed by atoms with Gasteiger partial charge in [-0.15, -0.1) is 0 Å². The van der Waals surface area contributed by atoms with Gasteiger partial charge in [0, 0.05) is 41.2 Å². The van der Waals surface area contributed by atoms with Gasteiger partial charge < -0.3 is 10.2 Å². The lowest BCUT2D eigenvalue weighted by Gasteiger charge is -2.32. The first-order chi connectivity index (χ1) is 18.4. The number of halogens is 2. The molecular weight excluding hydrogens is 557 g/mol. The maximum Gasteiger partial charge on any atom is 0.243 e. The van der Waals surface area contributed by atoms with E-state index >= 15 is 0 Å². The van der Waals surface area contributed by atoms with E-state index in [-0.39, 0.29) is 43.8 Å². The second-order valence-electron chi connectivity index (χ2n) is 10.4. The molecule has 1 fully saturated rings. The van der Waals surface area contributed by atoms with Crippen LogP contribution in [-0.2, 0) is 26.2 Å². The molecule has 1 aliphatic carbocycles. The molecule has 2 amide bonds. The van der Waals surface area contributed by atoms with Crippen molar-refractivity contribution >= 4 is 50.7 Å². The molecule has 214 valence electrons. The minimum absolute atomic E-state index is 0.0617. The van der Waals surface area contributed by atoms with Crippen LogP contribution in [0.15, 0.2) is 36.4 Å². The molecule has 0 saturated heterocycles. The first-order valence-electron chi connectivity index (χ1n) is 13.5. The molecule has 0 aromatic heterocycles. The summed E-state index contributed by atoms with van der Waals surface area (Å²) < 4.78 is 26.7. The zero-order chi connectivity index (χ0) is 28.7. The normalized spacial score (nSPS) is 14.7.